The molecule has 4 aromatic rings. The van der Waals surface area contributed by atoms with Gasteiger partial charge in [-0.05, 0) is 36.4 Å². The number of hydrogen-bond donors (Lipinski definition) is 3. The number of hydrogen-bond acceptors (Lipinski definition) is 9. The maximum Gasteiger partial charge on any atom is 0.277 e. The van der Waals surface area contributed by atoms with Crippen molar-refractivity contribution in [3.05, 3.63) is 65.2 Å². The number of benzene rings is 1. The van der Waals surface area contributed by atoms with E-state index in [1.54, 1.807) is 12.3 Å². The standard InChI is InChI=1S/C23H24N8O2/c32-14-13-31-22(33)18-15-26-23(28-20(18)21(29-31)19-3-1-2-8-25-19)27-16-4-6-17(7-5-16)30-11-9-24-10-12-30/h1-8,15,24,32H,9-14H2,(H,26,27,28). The molecule has 0 aliphatic carbocycles. The summed E-state index contributed by atoms with van der Waals surface area (Å²) in [6, 6.07) is 13.6. The van der Waals surface area contributed by atoms with Crippen LogP contribution in [0, 0.1) is 0 Å². The maximum absolute atomic E-state index is 12.8. The van der Waals surface area contributed by atoms with Gasteiger partial charge in [-0.1, -0.05) is 6.07 Å². The fourth-order valence-electron chi connectivity index (χ4n) is 3.86. The Bertz CT molecular complexity index is 1300. The molecule has 0 atom stereocenters. The van der Waals surface area contributed by atoms with E-state index in [0.717, 1.165) is 31.9 Å². The molecule has 1 aromatic carbocycles. The van der Waals surface area contributed by atoms with Crippen LogP contribution in [0.5, 0.6) is 0 Å². The summed E-state index contributed by atoms with van der Waals surface area (Å²) >= 11 is 0. The molecule has 0 radical (unpaired) electrons. The van der Waals surface area contributed by atoms with E-state index in [1.165, 1.54) is 16.6 Å². The van der Waals surface area contributed by atoms with Gasteiger partial charge in [0.15, 0.2) is 0 Å². The average molecular weight is 444 g/mol. The summed E-state index contributed by atoms with van der Waals surface area (Å²) in [5.74, 6) is 0.357. The van der Waals surface area contributed by atoms with Gasteiger partial charge in [0.05, 0.1) is 24.2 Å². The Hall–Kier alpha value is -3.89. The molecule has 0 saturated carbocycles. The third-order valence-electron chi connectivity index (χ3n) is 5.52. The number of aromatic nitrogens is 5. The van der Waals surface area contributed by atoms with Gasteiger partial charge in [-0.15, -0.1) is 0 Å². The Morgan fingerprint density at radius 3 is 2.61 bits per heavy atom. The van der Waals surface area contributed by atoms with Crippen LogP contribution in [0.25, 0.3) is 22.3 Å². The van der Waals surface area contributed by atoms with Crippen LogP contribution < -0.4 is 21.1 Å². The molecule has 0 bridgehead atoms. The van der Waals surface area contributed by atoms with Crippen molar-refractivity contribution in [1.29, 1.82) is 0 Å². The van der Waals surface area contributed by atoms with E-state index in [4.69, 9.17) is 0 Å². The summed E-state index contributed by atoms with van der Waals surface area (Å²) in [5, 5.41) is 20.6. The lowest BCUT2D eigenvalue weighted by Crippen LogP contribution is -2.43. The summed E-state index contributed by atoms with van der Waals surface area (Å²) in [7, 11) is 0. The van der Waals surface area contributed by atoms with Crippen molar-refractivity contribution in [1.82, 2.24) is 30.0 Å². The van der Waals surface area contributed by atoms with Crippen LogP contribution in [0.15, 0.2) is 59.7 Å². The highest BCUT2D eigenvalue weighted by atomic mass is 16.3. The number of pyridine rings is 1. The Balaban J connectivity index is 1.49. The number of nitrogens with one attached hydrogen (secondary N) is 2. The molecule has 168 valence electrons. The molecule has 0 unspecified atom stereocenters. The molecule has 3 N–H and O–H groups in total. The monoisotopic (exact) mass is 444 g/mol. The van der Waals surface area contributed by atoms with Crippen LogP contribution in [-0.4, -0.2) is 62.6 Å². The molecular formula is C23H24N8O2. The highest BCUT2D eigenvalue weighted by Crippen LogP contribution is 2.24. The summed E-state index contributed by atoms with van der Waals surface area (Å²) in [5.41, 5.74) is 3.10. The van der Waals surface area contributed by atoms with Crippen LogP contribution in [-0.2, 0) is 6.54 Å². The van der Waals surface area contributed by atoms with Gasteiger partial charge in [0.2, 0.25) is 5.95 Å². The third-order valence-corrected chi connectivity index (χ3v) is 5.52. The topological polar surface area (TPSA) is 121 Å². The number of nitrogens with zero attached hydrogens (tertiary/aromatic N) is 6. The lowest BCUT2D eigenvalue weighted by atomic mass is 10.2. The quantitative estimate of drug-likeness (QED) is 0.405. The molecule has 1 aliphatic heterocycles. The zero-order chi connectivity index (χ0) is 22.6. The van der Waals surface area contributed by atoms with E-state index in [2.05, 4.69) is 47.7 Å². The van der Waals surface area contributed by atoms with E-state index >= 15 is 0 Å². The second-order valence-electron chi connectivity index (χ2n) is 7.68. The Kier molecular flexibility index (Phi) is 5.92. The summed E-state index contributed by atoms with van der Waals surface area (Å²) in [4.78, 5) is 28.5. The van der Waals surface area contributed by atoms with Gasteiger partial charge in [-0.3, -0.25) is 9.78 Å². The number of rotatable bonds is 6. The first-order valence-electron chi connectivity index (χ1n) is 10.9. The number of piperazine rings is 1. The highest BCUT2D eigenvalue weighted by molar-refractivity contribution is 5.89. The summed E-state index contributed by atoms with van der Waals surface area (Å²) < 4.78 is 1.22. The Morgan fingerprint density at radius 1 is 1.06 bits per heavy atom. The van der Waals surface area contributed by atoms with Crippen molar-refractivity contribution in [2.75, 3.05) is 43.0 Å². The van der Waals surface area contributed by atoms with E-state index < -0.39 is 0 Å². The number of anilines is 3. The normalized spacial score (nSPS) is 13.9. The SMILES string of the molecule is O=c1c2cnc(Nc3ccc(N4CCNCC4)cc3)nc2c(-c2ccccn2)nn1CCO. The minimum Gasteiger partial charge on any atom is -0.394 e. The fourth-order valence-corrected chi connectivity index (χ4v) is 3.86. The summed E-state index contributed by atoms with van der Waals surface area (Å²) in [6.07, 6.45) is 3.15. The van der Waals surface area contributed by atoms with Gasteiger partial charge in [-0.25, -0.2) is 14.6 Å². The summed E-state index contributed by atoms with van der Waals surface area (Å²) in [6.45, 7) is 3.81. The molecule has 1 saturated heterocycles. The molecular weight excluding hydrogens is 420 g/mol. The van der Waals surface area contributed by atoms with Crippen LogP contribution in [0.2, 0.25) is 0 Å². The van der Waals surface area contributed by atoms with Gasteiger partial charge in [-0.2, -0.15) is 5.10 Å². The van der Waals surface area contributed by atoms with Gasteiger partial charge in [0.1, 0.15) is 11.2 Å². The molecule has 3 aromatic heterocycles. The van der Waals surface area contributed by atoms with E-state index in [1.807, 2.05) is 24.3 Å². The molecule has 1 aliphatic rings. The van der Waals surface area contributed by atoms with Crippen LogP contribution in [0.1, 0.15) is 0 Å². The van der Waals surface area contributed by atoms with Crippen molar-refractivity contribution < 1.29 is 5.11 Å². The molecule has 10 heteroatoms. The van der Waals surface area contributed by atoms with Crippen molar-refractivity contribution in [3.63, 3.8) is 0 Å². The van der Waals surface area contributed by atoms with Gasteiger partial charge >= 0.3 is 0 Å². The first kappa shape index (κ1) is 21.0. The second-order valence-corrected chi connectivity index (χ2v) is 7.68. The zero-order valence-electron chi connectivity index (χ0n) is 18.0. The van der Waals surface area contributed by atoms with Gasteiger partial charge in [0.25, 0.3) is 5.56 Å². The number of aliphatic hydroxyl groups is 1. The molecule has 10 nitrogen and oxygen atoms in total. The van der Waals surface area contributed by atoms with Crippen molar-refractivity contribution in [3.8, 4) is 11.4 Å². The van der Waals surface area contributed by atoms with E-state index in [-0.39, 0.29) is 18.7 Å². The van der Waals surface area contributed by atoms with E-state index in [0.29, 0.717) is 28.2 Å². The lowest BCUT2D eigenvalue weighted by molar-refractivity contribution is 0.267. The predicted molar refractivity (Wildman–Crippen MR) is 127 cm³/mol. The van der Waals surface area contributed by atoms with Gasteiger partial charge < -0.3 is 20.6 Å². The van der Waals surface area contributed by atoms with E-state index in [9.17, 15) is 9.90 Å². The van der Waals surface area contributed by atoms with Crippen molar-refractivity contribution in [2.45, 2.75) is 6.54 Å². The molecule has 0 spiro atoms. The Morgan fingerprint density at radius 2 is 1.88 bits per heavy atom. The maximum atomic E-state index is 12.8. The third kappa shape index (κ3) is 4.38. The van der Waals surface area contributed by atoms with Crippen LogP contribution in [0.3, 0.4) is 0 Å². The minimum absolute atomic E-state index is 0.0774. The average Bonchev–Trinajstić information content (AvgIpc) is 2.87. The molecule has 5 rings (SSSR count). The number of aliphatic hydroxyl groups excluding tert-OH is 1. The predicted octanol–water partition coefficient (Wildman–Crippen LogP) is 1.39. The number of fused-ring (bicyclic) bond motifs is 1. The lowest BCUT2D eigenvalue weighted by Gasteiger charge is -2.29. The first-order chi connectivity index (χ1) is 16.2. The Labute approximate surface area is 190 Å². The smallest absolute Gasteiger partial charge is 0.277 e. The first-order valence-corrected chi connectivity index (χ1v) is 10.9. The zero-order valence-corrected chi connectivity index (χ0v) is 18.0. The fraction of sp³-hybridized carbons (Fsp3) is 0.261. The molecule has 33 heavy (non-hydrogen) atoms. The minimum atomic E-state index is -0.356. The highest BCUT2D eigenvalue weighted by Gasteiger charge is 2.16. The molecule has 1 fully saturated rings. The molecule has 0 amide bonds. The largest absolute Gasteiger partial charge is 0.394 e. The van der Waals surface area contributed by atoms with Gasteiger partial charge in [0, 0.05) is 49.9 Å². The van der Waals surface area contributed by atoms with Crippen molar-refractivity contribution >= 4 is 28.2 Å². The van der Waals surface area contributed by atoms with Crippen molar-refractivity contribution in [2.24, 2.45) is 0 Å². The second kappa shape index (κ2) is 9.31. The van der Waals surface area contributed by atoms with Crippen LogP contribution in [0.4, 0.5) is 17.3 Å². The molecule has 4 heterocycles. The van der Waals surface area contributed by atoms with Crippen LogP contribution >= 0.6 is 0 Å².